The second kappa shape index (κ2) is 6.50. The van der Waals surface area contributed by atoms with Gasteiger partial charge >= 0.3 is 0 Å². The summed E-state index contributed by atoms with van der Waals surface area (Å²) in [5.74, 6) is -0.207. The molecule has 2 aromatic carbocycles. The highest BCUT2D eigenvalue weighted by Crippen LogP contribution is 2.19. The standard InChI is InChI=1S/C19H19FN2S/c1-13-4-9-18(14(2)10-13)21-19-22(15(3)12-23-19)11-16-5-7-17(20)8-6-16/h4-10,12H,11H2,1-3H3. The summed E-state index contributed by atoms with van der Waals surface area (Å²) in [7, 11) is 0. The molecule has 0 aliphatic carbocycles. The largest absolute Gasteiger partial charge is 0.317 e. The molecule has 0 spiro atoms. The van der Waals surface area contributed by atoms with Crippen LogP contribution >= 0.6 is 11.3 Å². The number of hydrogen-bond acceptors (Lipinski definition) is 2. The maximum absolute atomic E-state index is 13.1. The van der Waals surface area contributed by atoms with Gasteiger partial charge in [-0.3, -0.25) is 0 Å². The van der Waals surface area contributed by atoms with Crippen LogP contribution < -0.4 is 4.80 Å². The summed E-state index contributed by atoms with van der Waals surface area (Å²) in [5, 5.41) is 2.10. The van der Waals surface area contributed by atoms with Gasteiger partial charge in [0.1, 0.15) is 5.82 Å². The van der Waals surface area contributed by atoms with Crippen LogP contribution in [-0.2, 0) is 6.54 Å². The van der Waals surface area contributed by atoms with Gasteiger partial charge in [0.15, 0.2) is 4.80 Å². The van der Waals surface area contributed by atoms with E-state index >= 15 is 0 Å². The van der Waals surface area contributed by atoms with E-state index in [0.29, 0.717) is 6.54 Å². The van der Waals surface area contributed by atoms with Crippen molar-refractivity contribution >= 4 is 17.0 Å². The van der Waals surface area contributed by atoms with Crippen LogP contribution in [0.1, 0.15) is 22.4 Å². The number of aromatic nitrogens is 1. The Morgan fingerprint density at radius 3 is 2.48 bits per heavy atom. The van der Waals surface area contributed by atoms with Crippen molar-refractivity contribution in [3.63, 3.8) is 0 Å². The van der Waals surface area contributed by atoms with Crippen molar-refractivity contribution in [3.05, 3.63) is 80.8 Å². The fraction of sp³-hybridized carbons (Fsp3) is 0.211. The van der Waals surface area contributed by atoms with Crippen LogP contribution in [0.15, 0.2) is 52.8 Å². The molecule has 2 nitrogen and oxygen atoms in total. The molecular weight excluding hydrogens is 307 g/mol. The summed E-state index contributed by atoms with van der Waals surface area (Å²) >= 11 is 1.63. The van der Waals surface area contributed by atoms with Gasteiger partial charge in [0.2, 0.25) is 0 Å². The van der Waals surface area contributed by atoms with E-state index in [9.17, 15) is 4.39 Å². The molecule has 0 fully saturated rings. The molecule has 1 aromatic heterocycles. The molecule has 0 saturated heterocycles. The number of hydrogen-bond donors (Lipinski definition) is 0. The van der Waals surface area contributed by atoms with Crippen molar-refractivity contribution in [2.75, 3.05) is 0 Å². The van der Waals surface area contributed by atoms with Crippen LogP contribution in [0.25, 0.3) is 0 Å². The molecule has 4 heteroatoms. The Morgan fingerprint density at radius 2 is 1.78 bits per heavy atom. The minimum Gasteiger partial charge on any atom is -0.317 e. The van der Waals surface area contributed by atoms with Gasteiger partial charge in [-0.15, -0.1) is 11.3 Å². The molecule has 0 N–H and O–H groups in total. The van der Waals surface area contributed by atoms with Gasteiger partial charge in [-0.1, -0.05) is 29.8 Å². The number of halogens is 1. The molecule has 1 heterocycles. The predicted octanol–water partition coefficient (Wildman–Crippen LogP) is 4.89. The molecule has 0 saturated carbocycles. The van der Waals surface area contributed by atoms with Crippen LogP contribution in [0.2, 0.25) is 0 Å². The Balaban J connectivity index is 2.01. The minimum absolute atomic E-state index is 0.207. The van der Waals surface area contributed by atoms with E-state index in [1.807, 2.05) is 12.1 Å². The first-order chi connectivity index (χ1) is 11.0. The maximum Gasteiger partial charge on any atom is 0.190 e. The highest BCUT2D eigenvalue weighted by atomic mass is 32.1. The van der Waals surface area contributed by atoms with Crippen molar-refractivity contribution in [1.29, 1.82) is 0 Å². The molecule has 0 bridgehead atoms. The van der Waals surface area contributed by atoms with Crippen molar-refractivity contribution < 1.29 is 4.39 Å². The van der Waals surface area contributed by atoms with Gasteiger partial charge in [-0.2, -0.15) is 0 Å². The van der Waals surface area contributed by atoms with Gasteiger partial charge in [-0.25, -0.2) is 9.38 Å². The first kappa shape index (κ1) is 15.7. The molecule has 0 aliphatic heterocycles. The third kappa shape index (κ3) is 3.59. The minimum atomic E-state index is -0.207. The normalized spacial score (nSPS) is 11.9. The smallest absolute Gasteiger partial charge is 0.190 e. The summed E-state index contributed by atoms with van der Waals surface area (Å²) in [6, 6.07) is 12.9. The molecule has 3 aromatic rings. The quantitative estimate of drug-likeness (QED) is 0.652. The Labute approximate surface area is 139 Å². The van der Waals surface area contributed by atoms with E-state index in [0.717, 1.165) is 21.7 Å². The average molecular weight is 326 g/mol. The summed E-state index contributed by atoms with van der Waals surface area (Å²) in [6.07, 6.45) is 0. The zero-order valence-corrected chi connectivity index (χ0v) is 14.3. The van der Waals surface area contributed by atoms with Gasteiger partial charge in [-0.05, 0) is 50.1 Å². The molecule has 23 heavy (non-hydrogen) atoms. The molecule has 0 atom stereocenters. The van der Waals surface area contributed by atoms with Gasteiger partial charge in [0.25, 0.3) is 0 Å². The van der Waals surface area contributed by atoms with E-state index in [-0.39, 0.29) is 5.82 Å². The molecule has 0 radical (unpaired) electrons. The lowest BCUT2D eigenvalue weighted by Gasteiger charge is -2.07. The Morgan fingerprint density at radius 1 is 1.04 bits per heavy atom. The van der Waals surface area contributed by atoms with Crippen molar-refractivity contribution in [2.24, 2.45) is 4.99 Å². The van der Waals surface area contributed by atoms with E-state index in [4.69, 9.17) is 4.99 Å². The Hall–Kier alpha value is -2.20. The first-order valence-electron chi connectivity index (χ1n) is 7.54. The predicted molar refractivity (Wildman–Crippen MR) is 93.7 cm³/mol. The summed E-state index contributed by atoms with van der Waals surface area (Å²) in [4.78, 5) is 5.78. The second-order valence-electron chi connectivity index (χ2n) is 5.77. The number of rotatable bonds is 3. The van der Waals surface area contributed by atoms with Crippen molar-refractivity contribution in [1.82, 2.24) is 4.57 Å². The lowest BCUT2D eigenvalue weighted by molar-refractivity contribution is 0.626. The monoisotopic (exact) mass is 326 g/mol. The average Bonchev–Trinajstić information content (AvgIpc) is 2.85. The SMILES string of the molecule is Cc1ccc(N=c2scc(C)n2Cc2ccc(F)cc2)c(C)c1. The van der Waals surface area contributed by atoms with Crippen LogP contribution in [-0.4, -0.2) is 4.57 Å². The summed E-state index contributed by atoms with van der Waals surface area (Å²) < 4.78 is 15.2. The number of benzene rings is 2. The third-order valence-corrected chi connectivity index (χ3v) is 4.80. The fourth-order valence-corrected chi connectivity index (χ4v) is 3.39. The summed E-state index contributed by atoms with van der Waals surface area (Å²) in [6.45, 7) is 6.93. The zero-order chi connectivity index (χ0) is 16.4. The van der Waals surface area contributed by atoms with E-state index in [1.165, 1.54) is 23.3 Å². The first-order valence-corrected chi connectivity index (χ1v) is 8.42. The Kier molecular flexibility index (Phi) is 4.44. The van der Waals surface area contributed by atoms with Gasteiger partial charge in [0.05, 0.1) is 12.2 Å². The summed E-state index contributed by atoms with van der Waals surface area (Å²) in [5.41, 5.74) is 5.62. The van der Waals surface area contributed by atoms with Crippen molar-refractivity contribution in [3.8, 4) is 0 Å². The number of aryl methyl sites for hydroxylation is 3. The lowest BCUT2D eigenvalue weighted by Crippen LogP contribution is -2.16. The molecule has 0 unspecified atom stereocenters. The van der Waals surface area contributed by atoms with E-state index < -0.39 is 0 Å². The molecule has 118 valence electrons. The highest BCUT2D eigenvalue weighted by molar-refractivity contribution is 7.07. The van der Waals surface area contributed by atoms with Crippen LogP contribution in [0.3, 0.4) is 0 Å². The molecule has 0 amide bonds. The number of nitrogens with zero attached hydrogens (tertiary/aromatic N) is 2. The van der Waals surface area contributed by atoms with E-state index in [2.05, 4.69) is 48.9 Å². The maximum atomic E-state index is 13.1. The fourth-order valence-electron chi connectivity index (χ4n) is 2.50. The van der Waals surface area contributed by atoms with Crippen molar-refractivity contribution in [2.45, 2.75) is 27.3 Å². The lowest BCUT2D eigenvalue weighted by atomic mass is 10.1. The van der Waals surface area contributed by atoms with Crippen LogP contribution in [0.5, 0.6) is 0 Å². The van der Waals surface area contributed by atoms with Gasteiger partial charge in [0, 0.05) is 11.1 Å². The topological polar surface area (TPSA) is 17.3 Å². The molecular formula is C19H19FN2S. The third-order valence-electron chi connectivity index (χ3n) is 3.81. The molecule has 0 aliphatic rings. The number of thiazole rings is 1. The van der Waals surface area contributed by atoms with Gasteiger partial charge < -0.3 is 4.57 Å². The zero-order valence-electron chi connectivity index (χ0n) is 13.5. The Bertz CT molecular complexity index is 888. The van der Waals surface area contributed by atoms with Crippen LogP contribution in [0.4, 0.5) is 10.1 Å². The molecule has 3 rings (SSSR count). The van der Waals surface area contributed by atoms with Crippen LogP contribution in [0, 0.1) is 26.6 Å². The van der Waals surface area contributed by atoms with E-state index in [1.54, 1.807) is 11.3 Å². The highest BCUT2D eigenvalue weighted by Gasteiger charge is 2.04. The second-order valence-corrected chi connectivity index (χ2v) is 6.61.